The van der Waals surface area contributed by atoms with Crippen LogP contribution in [0.5, 0.6) is 0 Å². The number of carboxylic acid groups (broad SMARTS) is 1. The second-order valence-corrected chi connectivity index (χ2v) is 5.22. The van der Waals surface area contributed by atoms with E-state index >= 15 is 0 Å². The van der Waals surface area contributed by atoms with Gasteiger partial charge in [-0.25, -0.2) is 8.78 Å². The Bertz CT molecular complexity index is 638. The first-order chi connectivity index (χ1) is 9.95. The van der Waals surface area contributed by atoms with E-state index in [1.165, 1.54) is 0 Å². The fourth-order valence-electron chi connectivity index (χ4n) is 2.19. The molecule has 0 radical (unpaired) electrons. The van der Waals surface area contributed by atoms with Gasteiger partial charge >= 0.3 is 5.97 Å². The Morgan fingerprint density at radius 2 is 1.71 bits per heavy atom. The highest BCUT2D eigenvalue weighted by Gasteiger charge is 2.20. The van der Waals surface area contributed by atoms with Gasteiger partial charge in [0.1, 0.15) is 11.6 Å². The molecule has 2 rings (SSSR count). The molecule has 0 aliphatic rings. The van der Waals surface area contributed by atoms with E-state index in [9.17, 15) is 18.7 Å². The molecule has 2 aromatic rings. The van der Waals surface area contributed by atoms with Gasteiger partial charge in [-0.05, 0) is 42.2 Å². The van der Waals surface area contributed by atoms with Crippen molar-refractivity contribution in [3.05, 3.63) is 70.2 Å². The van der Waals surface area contributed by atoms with Crippen LogP contribution in [0.25, 0.3) is 0 Å². The third kappa shape index (κ3) is 4.26. The number of halogens is 3. The molecule has 1 atom stereocenters. The molecule has 1 unspecified atom stereocenters. The zero-order valence-corrected chi connectivity index (χ0v) is 11.8. The van der Waals surface area contributed by atoms with Crippen LogP contribution in [0.4, 0.5) is 8.78 Å². The predicted molar refractivity (Wildman–Crippen MR) is 76.3 cm³/mol. The van der Waals surface area contributed by atoms with Crippen molar-refractivity contribution in [3.8, 4) is 0 Å². The van der Waals surface area contributed by atoms with Crippen LogP contribution in [-0.4, -0.2) is 11.1 Å². The van der Waals surface area contributed by atoms with Gasteiger partial charge in [0.25, 0.3) is 0 Å². The maximum absolute atomic E-state index is 13.2. The normalized spacial score (nSPS) is 12.1. The quantitative estimate of drug-likeness (QED) is 0.902. The highest BCUT2D eigenvalue weighted by atomic mass is 35.5. The SMILES string of the molecule is O=C(O)C(Cc1cc(F)cc(F)c1)Cc1ccccc1Cl. The highest BCUT2D eigenvalue weighted by molar-refractivity contribution is 6.31. The van der Waals surface area contributed by atoms with Crippen LogP contribution in [-0.2, 0) is 17.6 Å². The molecule has 2 aromatic carbocycles. The summed E-state index contributed by atoms with van der Waals surface area (Å²) in [4.78, 5) is 11.4. The minimum atomic E-state index is -1.03. The first-order valence-electron chi connectivity index (χ1n) is 6.37. The lowest BCUT2D eigenvalue weighted by atomic mass is 9.92. The van der Waals surface area contributed by atoms with Gasteiger partial charge < -0.3 is 5.11 Å². The van der Waals surface area contributed by atoms with Crippen LogP contribution in [0.2, 0.25) is 5.02 Å². The van der Waals surface area contributed by atoms with Crippen molar-refractivity contribution >= 4 is 17.6 Å². The van der Waals surface area contributed by atoms with Crippen molar-refractivity contribution in [2.75, 3.05) is 0 Å². The number of benzene rings is 2. The molecule has 0 aromatic heterocycles. The van der Waals surface area contributed by atoms with Crippen LogP contribution in [0, 0.1) is 17.6 Å². The van der Waals surface area contributed by atoms with Crippen molar-refractivity contribution in [2.45, 2.75) is 12.8 Å². The number of aliphatic carboxylic acids is 1. The Hall–Kier alpha value is -1.94. The molecule has 0 aliphatic carbocycles. The zero-order chi connectivity index (χ0) is 15.4. The minimum absolute atomic E-state index is 0.0369. The summed E-state index contributed by atoms with van der Waals surface area (Å²) in [5, 5.41) is 9.78. The van der Waals surface area contributed by atoms with Gasteiger partial charge in [0, 0.05) is 11.1 Å². The second kappa shape index (κ2) is 6.68. The first kappa shape index (κ1) is 15.4. The lowest BCUT2D eigenvalue weighted by Gasteiger charge is -2.13. The lowest BCUT2D eigenvalue weighted by Crippen LogP contribution is -2.19. The van der Waals surface area contributed by atoms with E-state index in [0.717, 1.165) is 18.2 Å². The standard InChI is InChI=1S/C16H13ClF2O2/c17-15-4-2-1-3-11(15)8-12(16(20)21)5-10-6-13(18)9-14(19)7-10/h1-4,6-7,9,12H,5,8H2,(H,20,21). The predicted octanol–water partition coefficient (Wildman–Crippen LogP) is 4.10. The molecule has 110 valence electrons. The second-order valence-electron chi connectivity index (χ2n) is 4.81. The number of carbonyl (C=O) groups is 1. The van der Waals surface area contributed by atoms with E-state index in [1.807, 2.05) is 0 Å². The van der Waals surface area contributed by atoms with E-state index in [0.29, 0.717) is 16.1 Å². The van der Waals surface area contributed by atoms with E-state index in [-0.39, 0.29) is 12.8 Å². The van der Waals surface area contributed by atoms with Gasteiger partial charge in [-0.1, -0.05) is 29.8 Å². The van der Waals surface area contributed by atoms with Crippen LogP contribution in [0.1, 0.15) is 11.1 Å². The molecule has 0 aliphatic heterocycles. The molecule has 0 bridgehead atoms. The van der Waals surface area contributed by atoms with Crippen molar-refractivity contribution in [3.63, 3.8) is 0 Å². The van der Waals surface area contributed by atoms with Crippen molar-refractivity contribution in [1.29, 1.82) is 0 Å². The Labute approximate surface area is 126 Å². The third-order valence-electron chi connectivity index (χ3n) is 3.18. The highest BCUT2D eigenvalue weighted by Crippen LogP contribution is 2.22. The van der Waals surface area contributed by atoms with E-state index in [4.69, 9.17) is 11.6 Å². The maximum Gasteiger partial charge on any atom is 0.307 e. The van der Waals surface area contributed by atoms with Gasteiger partial charge in [0.2, 0.25) is 0 Å². The fraction of sp³-hybridized carbons (Fsp3) is 0.188. The van der Waals surface area contributed by atoms with E-state index < -0.39 is 23.5 Å². The molecular weight excluding hydrogens is 298 g/mol. The van der Waals surface area contributed by atoms with Crippen LogP contribution in [0.3, 0.4) is 0 Å². The molecular formula is C16H13ClF2O2. The lowest BCUT2D eigenvalue weighted by molar-refractivity contribution is -0.141. The Morgan fingerprint density at radius 3 is 2.29 bits per heavy atom. The molecule has 0 saturated carbocycles. The molecule has 21 heavy (non-hydrogen) atoms. The largest absolute Gasteiger partial charge is 0.481 e. The molecule has 0 saturated heterocycles. The number of rotatable bonds is 5. The van der Waals surface area contributed by atoms with E-state index in [2.05, 4.69) is 0 Å². The maximum atomic E-state index is 13.2. The monoisotopic (exact) mass is 310 g/mol. The summed E-state index contributed by atoms with van der Waals surface area (Å²) in [6.45, 7) is 0. The molecule has 2 nitrogen and oxygen atoms in total. The summed E-state index contributed by atoms with van der Waals surface area (Å²) in [6.07, 6.45) is 0.238. The minimum Gasteiger partial charge on any atom is -0.481 e. The zero-order valence-electron chi connectivity index (χ0n) is 11.0. The topological polar surface area (TPSA) is 37.3 Å². The fourth-order valence-corrected chi connectivity index (χ4v) is 2.40. The third-order valence-corrected chi connectivity index (χ3v) is 3.55. The molecule has 1 N–H and O–H groups in total. The van der Waals surface area contributed by atoms with Crippen LogP contribution < -0.4 is 0 Å². The average molecular weight is 311 g/mol. The number of carboxylic acids is 1. The van der Waals surface area contributed by atoms with Gasteiger partial charge in [-0.3, -0.25) is 4.79 Å². The van der Waals surface area contributed by atoms with Crippen molar-refractivity contribution < 1.29 is 18.7 Å². The van der Waals surface area contributed by atoms with Gasteiger partial charge in [-0.15, -0.1) is 0 Å². The molecule has 0 fully saturated rings. The molecule has 5 heteroatoms. The molecule has 0 amide bonds. The first-order valence-corrected chi connectivity index (χ1v) is 6.74. The van der Waals surface area contributed by atoms with Crippen molar-refractivity contribution in [1.82, 2.24) is 0 Å². The number of hydrogen-bond donors (Lipinski definition) is 1. The molecule has 0 heterocycles. The Balaban J connectivity index is 2.20. The Morgan fingerprint density at radius 1 is 1.10 bits per heavy atom. The van der Waals surface area contributed by atoms with Gasteiger partial charge in [-0.2, -0.15) is 0 Å². The van der Waals surface area contributed by atoms with Crippen LogP contribution >= 0.6 is 11.6 Å². The summed E-state index contributed by atoms with van der Waals surface area (Å²) in [7, 11) is 0. The summed E-state index contributed by atoms with van der Waals surface area (Å²) in [6, 6.07) is 9.98. The smallest absolute Gasteiger partial charge is 0.307 e. The summed E-state index contributed by atoms with van der Waals surface area (Å²) >= 11 is 6.01. The van der Waals surface area contributed by atoms with Gasteiger partial charge in [0.05, 0.1) is 5.92 Å². The van der Waals surface area contributed by atoms with E-state index in [1.54, 1.807) is 24.3 Å². The summed E-state index contributed by atoms with van der Waals surface area (Å²) in [5.41, 5.74) is 1.01. The molecule has 0 spiro atoms. The summed E-state index contributed by atoms with van der Waals surface area (Å²) in [5.74, 6) is -3.26. The average Bonchev–Trinajstić information content (AvgIpc) is 2.39. The van der Waals surface area contributed by atoms with Crippen molar-refractivity contribution in [2.24, 2.45) is 5.92 Å². The summed E-state index contributed by atoms with van der Waals surface area (Å²) < 4.78 is 26.3. The Kier molecular flexibility index (Phi) is 4.91. The van der Waals surface area contributed by atoms with Crippen LogP contribution in [0.15, 0.2) is 42.5 Å². The number of hydrogen-bond acceptors (Lipinski definition) is 1. The van der Waals surface area contributed by atoms with Gasteiger partial charge in [0.15, 0.2) is 0 Å².